The molecule has 0 spiro atoms. The third kappa shape index (κ3) is 33.4. The molecule has 0 aliphatic rings. The highest BCUT2D eigenvalue weighted by Crippen LogP contribution is 2.18. The fourth-order valence-corrected chi connectivity index (χ4v) is 6.06. The van der Waals surface area contributed by atoms with E-state index in [1.165, 1.54) is 154 Å². The molecule has 0 aliphatic heterocycles. The van der Waals surface area contributed by atoms with Crippen molar-refractivity contribution in [2.75, 3.05) is 0 Å². The Hall–Kier alpha value is -1.06. The Kier molecular flexibility index (Phi) is 33.6. The highest BCUT2D eigenvalue weighted by Gasteiger charge is 2.13. The van der Waals surface area contributed by atoms with Crippen LogP contribution in [0.4, 0.5) is 0 Å². The predicted molar refractivity (Wildman–Crippen MR) is 181 cm³/mol. The summed E-state index contributed by atoms with van der Waals surface area (Å²) in [5.41, 5.74) is 0. The summed E-state index contributed by atoms with van der Waals surface area (Å²) in [7, 11) is 0. The Labute approximate surface area is 262 Å². The van der Waals surface area contributed by atoms with E-state index in [0.717, 1.165) is 44.9 Å². The van der Waals surface area contributed by atoms with Gasteiger partial charge in [-0.05, 0) is 32.1 Å². The van der Waals surface area contributed by atoms with Crippen molar-refractivity contribution >= 4 is 11.9 Å². The van der Waals surface area contributed by atoms with Gasteiger partial charge in [0.15, 0.2) is 0 Å². The average molecular weight is 595 g/mol. The van der Waals surface area contributed by atoms with Crippen molar-refractivity contribution in [2.24, 2.45) is 0 Å². The Morgan fingerprint density at radius 2 is 0.762 bits per heavy atom. The first-order chi connectivity index (χ1) is 20.6. The fourth-order valence-electron chi connectivity index (χ4n) is 6.06. The lowest BCUT2D eigenvalue weighted by molar-refractivity contribution is -0.150. The van der Waals surface area contributed by atoms with E-state index in [0.29, 0.717) is 12.8 Å². The number of hydrogen-bond donors (Lipinski definition) is 1. The largest absolute Gasteiger partial charge is 0.481 e. The number of esters is 1. The van der Waals surface area contributed by atoms with Crippen molar-refractivity contribution in [2.45, 2.75) is 232 Å². The number of carboxylic acid groups (broad SMARTS) is 1. The summed E-state index contributed by atoms with van der Waals surface area (Å²) in [5.74, 6) is -0.646. The van der Waals surface area contributed by atoms with Crippen LogP contribution in [0.3, 0.4) is 0 Å². The van der Waals surface area contributed by atoms with E-state index in [2.05, 4.69) is 13.8 Å². The Balaban J connectivity index is 3.49. The molecule has 42 heavy (non-hydrogen) atoms. The second kappa shape index (κ2) is 34.4. The lowest BCUT2D eigenvalue weighted by atomic mass is 10.0. The van der Waals surface area contributed by atoms with E-state index >= 15 is 0 Å². The minimum atomic E-state index is -0.671. The molecule has 0 bridgehead atoms. The molecule has 0 rings (SSSR count). The first-order valence-electron chi connectivity index (χ1n) is 19.0. The number of carbonyl (C=O) groups excluding carboxylic acids is 1. The fraction of sp³-hybridized carbons (Fsp3) is 0.947. The standard InChI is InChI=1S/C38H74O4/c1-3-5-6-7-8-9-10-11-12-13-14-15-19-22-25-28-31-35-38(41)42-36(32-4-2)33-29-26-23-20-17-16-18-21-24-27-30-34-37(39)40/h36H,3-35H2,1-2H3,(H,39,40). The molecule has 0 aromatic carbocycles. The van der Waals surface area contributed by atoms with Crippen LogP contribution >= 0.6 is 0 Å². The molecule has 4 nitrogen and oxygen atoms in total. The highest BCUT2D eigenvalue weighted by atomic mass is 16.5. The molecule has 250 valence electrons. The lowest BCUT2D eigenvalue weighted by Gasteiger charge is -2.17. The van der Waals surface area contributed by atoms with Crippen LogP contribution in [0.5, 0.6) is 0 Å². The van der Waals surface area contributed by atoms with Crippen molar-refractivity contribution < 1.29 is 19.4 Å². The number of unbranched alkanes of at least 4 members (excludes halogenated alkanes) is 26. The number of carbonyl (C=O) groups is 2. The van der Waals surface area contributed by atoms with Gasteiger partial charge in [0.25, 0.3) is 0 Å². The first kappa shape index (κ1) is 40.9. The van der Waals surface area contributed by atoms with Gasteiger partial charge in [0, 0.05) is 12.8 Å². The van der Waals surface area contributed by atoms with Crippen molar-refractivity contribution in [1.82, 2.24) is 0 Å². The van der Waals surface area contributed by atoms with Crippen molar-refractivity contribution in [3.8, 4) is 0 Å². The predicted octanol–water partition coefficient (Wildman–Crippen LogP) is 12.9. The zero-order valence-corrected chi connectivity index (χ0v) is 28.6. The van der Waals surface area contributed by atoms with E-state index in [-0.39, 0.29) is 12.1 Å². The second-order valence-electron chi connectivity index (χ2n) is 13.1. The van der Waals surface area contributed by atoms with Gasteiger partial charge in [-0.2, -0.15) is 0 Å². The van der Waals surface area contributed by atoms with Crippen LogP contribution in [-0.4, -0.2) is 23.1 Å². The molecule has 1 unspecified atom stereocenters. The summed E-state index contributed by atoms with van der Waals surface area (Å²) in [6.45, 7) is 4.47. The summed E-state index contributed by atoms with van der Waals surface area (Å²) in [6, 6.07) is 0. The first-order valence-corrected chi connectivity index (χ1v) is 19.0. The number of aliphatic carboxylic acids is 1. The van der Waals surface area contributed by atoms with Crippen molar-refractivity contribution in [3.63, 3.8) is 0 Å². The van der Waals surface area contributed by atoms with Gasteiger partial charge in [-0.3, -0.25) is 9.59 Å². The van der Waals surface area contributed by atoms with Crippen LogP contribution < -0.4 is 0 Å². The van der Waals surface area contributed by atoms with Gasteiger partial charge in [0.05, 0.1) is 0 Å². The molecular formula is C38H74O4. The van der Waals surface area contributed by atoms with E-state index in [1.807, 2.05) is 0 Å². The summed E-state index contributed by atoms with van der Waals surface area (Å²) < 4.78 is 5.86. The van der Waals surface area contributed by atoms with E-state index in [4.69, 9.17) is 9.84 Å². The Morgan fingerprint density at radius 3 is 1.12 bits per heavy atom. The lowest BCUT2D eigenvalue weighted by Crippen LogP contribution is -2.18. The molecule has 1 atom stereocenters. The normalized spacial score (nSPS) is 12.0. The Morgan fingerprint density at radius 1 is 0.429 bits per heavy atom. The number of hydrogen-bond acceptors (Lipinski definition) is 3. The number of rotatable bonds is 35. The second-order valence-corrected chi connectivity index (χ2v) is 13.1. The minimum absolute atomic E-state index is 0.0253. The van der Waals surface area contributed by atoms with E-state index in [9.17, 15) is 9.59 Å². The quantitative estimate of drug-likeness (QED) is 0.0585. The van der Waals surface area contributed by atoms with Crippen molar-refractivity contribution in [1.29, 1.82) is 0 Å². The van der Waals surface area contributed by atoms with Crippen LogP contribution in [0, 0.1) is 0 Å². The van der Waals surface area contributed by atoms with Crippen LogP contribution in [0.2, 0.25) is 0 Å². The van der Waals surface area contributed by atoms with Gasteiger partial charge >= 0.3 is 11.9 Å². The molecule has 0 amide bonds. The minimum Gasteiger partial charge on any atom is -0.481 e. The van der Waals surface area contributed by atoms with Crippen LogP contribution in [0.15, 0.2) is 0 Å². The molecule has 0 radical (unpaired) electrons. The number of carboxylic acids is 1. The van der Waals surface area contributed by atoms with Gasteiger partial charge in [0.1, 0.15) is 6.10 Å². The molecule has 4 heteroatoms. The molecule has 0 saturated heterocycles. The Bertz CT molecular complexity index is 561. The molecule has 0 fully saturated rings. The molecule has 0 aromatic heterocycles. The molecule has 0 aromatic rings. The average Bonchev–Trinajstić information content (AvgIpc) is 2.97. The molecule has 1 N–H and O–H groups in total. The van der Waals surface area contributed by atoms with Crippen molar-refractivity contribution in [3.05, 3.63) is 0 Å². The summed E-state index contributed by atoms with van der Waals surface area (Å²) in [6.07, 6.45) is 40.4. The maximum atomic E-state index is 12.4. The van der Waals surface area contributed by atoms with Crippen LogP contribution in [0.1, 0.15) is 226 Å². The van der Waals surface area contributed by atoms with Gasteiger partial charge < -0.3 is 9.84 Å². The maximum Gasteiger partial charge on any atom is 0.306 e. The number of ether oxygens (including phenoxy) is 1. The third-order valence-electron chi connectivity index (χ3n) is 8.81. The SMILES string of the molecule is CCCCCCCCCCCCCCCCCCCC(=O)OC(CCC)CCCCCCCCCCCCCC(=O)O. The smallest absolute Gasteiger partial charge is 0.306 e. The maximum absolute atomic E-state index is 12.4. The summed E-state index contributed by atoms with van der Waals surface area (Å²) in [4.78, 5) is 22.9. The molecule has 0 saturated carbocycles. The highest BCUT2D eigenvalue weighted by molar-refractivity contribution is 5.69. The van der Waals surface area contributed by atoms with Gasteiger partial charge in [-0.1, -0.05) is 181 Å². The van der Waals surface area contributed by atoms with Crippen LogP contribution in [-0.2, 0) is 14.3 Å². The van der Waals surface area contributed by atoms with E-state index in [1.54, 1.807) is 0 Å². The monoisotopic (exact) mass is 595 g/mol. The molecule has 0 heterocycles. The zero-order chi connectivity index (χ0) is 30.8. The molecular weight excluding hydrogens is 520 g/mol. The molecule has 0 aliphatic carbocycles. The third-order valence-corrected chi connectivity index (χ3v) is 8.81. The van der Waals surface area contributed by atoms with Gasteiger partial charge in [-0.15, -0.1) is 0 Å². The summed E-state index contributed by atoms with van der Waals surface area (Å²) in [5, 5.41) is 8.66. The van der Waals surface area contributed by atoms with E-state index < -0.39 is 5.97 Å². The summed E-state index contributed by atoms with van der Waals surface area (Å²) >= 11 is 0. The van der Waals surface area contributed by atoms with Crippen LogP contribution in [0.25, 0.3) is 0 Å². The topological polar surface area (TPSA) is 63.6 Å². The zero-order valence-electron chi connectivity index (χ0n) is 28.6. The van der Waals surface area contributed by atoms with Gasteiger partial charge in [-0.25, -0.2) is 0 Å². The van der Waals surface area contributed by atoms with Gasteiger partial charge in [0.2, 0.25) is 0 Å².